The molecule has 0 saturated heterocycles. The summed E-state index contributed by atoms with van der Waals surface area (Å²) in [6.45, 7) is 0. The van der Waals surface area contributed by atoms with Crippen molar-refractivity contribution in [3.63, 3.8) is 0 Å². The van der Waals surface area contributed by atoms with E-state index in [0.717, 1.165) is 0 Å². The fourth-order valence-corrected chi connectivity index (χ4v) is 8.86. The predicted octanol–water partition coefficient (Wildman–Crippen LogP) is -4.79. The van der Waals surface area contributed by atoms with Crippen molar-refractivity contribution in [3.8, 4) is 0 Å². The molecule has 0 aliphatic rings. The molecule has 0 aliphatic heterocycles. The highest BCUT2D eigenvalue weighted by Crippen LogP contribution is 2.34. The Bertz CT molecular complexity index is 1110. The fourth-order valence-electron chi connectivity index (χ4n) is 2.10. The van der Waals surface area contributed by atoms with E-state index in [0.29, 0.717) is 0 Å². The van der Waals surface area contributed by atoms with Gasteiger partial charge in [0.05, 0.1) is 11.9 Å². The minimum Gasteiger partial charge on any atom is -0.390 e. The molecule has 0 aromatic heterocycles. The largest absolute Gasteiger partial charge is 0.390 e. The lowest BCUT2D eigenvalue weighted by Crippen LogP contribution is -2.67. The third-order valence-electron chi connectivity index (χ3n) is 3.06. The van der Waals surface area contributed by atoms with Crippen molar-refractivity contribution in [2.24, 2.45) is 0 Å². The molecule has 0 rings (SSSR count). The van der Waals surface area contributed by atoms with Crippen LogP contribution in [0.25, 0.3) is 0 Å². The zero-order valence-electron chi connectivity index (χ0n) is 12.9. The van der Waals surface area contributed by atoms with Crippen LogP contribution in [0.2, 0.25) is 0 Å². The van der Waals surface area contributed by atoms with E-state index < -0.39 is 83.6 Å². The Balaban J connectivity index is 7.29. The monoisotopic (exact) mass is 518 g/mol. The first kappa shape index (κ1) is 27.5. The highest BCUT2D eigenvalue weighted by molar-refractivity contribution is 7.94. The Morgan fingerprint density at radius 1 is 0.643 bits per heavy atom. The van der Waals surface area contributed by atoms with Gasteiger partial charge in [-0.25, -0.2) is 0 Å². The molecular formula is C6H14O17S5. The summed E-state index contributed by atoms with van der Waals surface area (Å²) in [5.41, 5.74) is 0. The van der Waals surface area contributed by atoms with Crippen molar-refractivity contribution < 1.29 is 75.1 Å². The fraction of sp³-hybridized carbons (Fsp3) is 1.00. The lowest BCUT2D eigenvalue weighted by molar-refractivity contribution is 0.0515. The van der Waals surface area contributed by atoms with E-state index in [2.05, 4.69) is 0 Å². The van der Waals surface area contributed by atoms with Gasteiger partial charge in [0, 0.05) is 0 Å². The summed E-state index contributed by atoms with van der Waals surface area (Å²) < 4.78 is 157. The van der Waals surface area contributed by atoms with Gasteiger partial charge in [-0.05, 0) is 0 Å². The van der Waals surface area contributed by atoms with Crippen LogP contribution in [0, 0.1) is 0 Å². The van der Waals surface area contributed by atoms with Crippen LogP contribution in [-0.2, 0) is 50.6 Å². The quantitative estimate of drug-likeness (QED) is 0.133. The molecule has 0 saturated carbocycles. The van der Waals surface area contributed by atoms with Gasteiger partial charge in [0.2, 0.25) is 4.93 Å². The molecule has 0 aliphatic carbocycles. The molecule has 7 N–H and O–H groups in total. The maximum atomic E-state index is 11.5. The van der Waals surface area contributed by atoms with Crippen molar-refractivity contribution in [2.75, 3.05) is 11.5 Å². The molecule has 0 fully saturated rings. The second-order valence-corrected chi connectivity index (χ2v) is 13.0. The highest BCUT2D eigenvalue weighted by atomic mass is 32.2. The first-order valence-corrected chi connectivity index (χ1v) is 13.7. The molecule has 0 aromatic rings. The van der Waals surface area contributed by atoms with E-state index >= 15 is 0 Å². The average molecular weight is 518 g/mol. The van der Waals surface area contributed by atoms with E-state index in [1.807, 2.05) is 0 Å². The summed E-state index contributed by atoms with van der Waals surface area (Å²) in [6.07, 6.45) is -3.43. The lowest BCUT2D eigenvalue weighted by atomic mass is 10.1. The molecule has 4 atom stereocenters. The van der Waals surface area contributed by atoms with Crippen LogP contribution in [0.5, 0.6) is 0 Å². The summed E-state index contributed by atoms with van der Waals surface area (Å²) in [7, 11) is -30.3. The normalized spacial score (nSPS) is 20.1. The van der Waals surface area contributed by atoms with Crippen molar-refractivity contribution in [3.05, 3.63) is 0 Å². The third kappa shape index (κ3) is 7.06. The van der Waals surface area contributed by atoms with E-state index in [-0.39, 0.29) is 0 Å². The van der Waals surface area contributed by atoms with E-state index in [9.17, 15) is 52.3 Å². The van der Waals surface area contributed by atoms with Crippen LogP contribution in [-0.4, -0.2) is 108 Å². The molecule has 22 heteroatoms. The van der Waals surface area contributed by atoms with Gasteiger partial charge in [-0.3, -0.25) is 22.8 Å². The molecule has 0 bridgehead atoms. The molecule has 28 heavy (non-hydrogen) atoms. The molecule has 0 heterocycles. The number of hydrogen-bond acceptors (Lipinski definition) is 12. The molecule has 170 valence electrons. The standard InChI is InChI=1S/C6H14O17S5/c7-3(1-24(9,10)11)5(27(18,19)20)6(8,28(21,22)23)4(26(15,16)17)2-25(12,13)14/h3-5,7-8H,1-2H2,(H,9,10,11)(H,12,13,14)(H,15,16,17)(H,18,19,20)(H,21,22,23). The van der Waals surface area contributed by atoms with Crippen molar-refractivity contribution in [1.29, 1.82) is 0 Å². The SMILES string of the molecule is O=S(=O)(O)CC(O)C(C(O)(C(CS(=O)(=O)O)S(=O)(=O)O)S(=O)(=O)O)S(=O)(=O)O. The van der Waals surface area contributed by atoms with Gasteiger partial charge < -0.3 is 10.2 Å². The maximum Gasteiger partial charge on any atom is 0.298 e. The smallest absolute Gasteiger partial charge is 0.298 e. The Kier molecular flexibility index (Phi) is 7.80. The topological polar surface area (TPSA) is 312 Å². The van der Waals surface area contributed by atoms with E-state index in [4.69, 9.17) is 22.8 Å². The summed E-state index contributed by atoms with van der Waals surface area (Å²) in [4.78, 5) is -5.08. The highest BCUT2D eigenvalue weighted by Gasteiger charge is 2.66. The zero-order valence-corrected chi connectivity index (χ0v) is 17.0. The Labute approximate surface area is 158 Å². The number of hydrogen-bond donors (Lipinski definition) is 7. The minimum absolute atomic E-state index is 2.20. The Morgan fingerprint density at radius 2 is 1.00 bits per heavy atom. The first-order chi connectivity index (χ1) is 11.8. The van der Waals surface area contributed by atoms with Gasteiger partial charge in [0.25, 0.3) is 50.6 Å². The number of rotatable bonds is 10. The van der Waals surface area contributed by atoms with E-state index in [1.54, 1.807) is 0 Å². The van der Waals surface area contributed by atoms with Crippen LogP contribution in [0.3, 0.4) is 0 Å². The lowest BCUT2D eigenvalue weighted by Gasteiger charge is -2.37. The second-order valence-electron chi connectivity index (χ2n) is 5.23. The summed E-state index contributed by atoms with van der Waals surface area (Å²) in [6, 6.07) is 0. The molecule has 0 spiro atoms. The number of aliphatic hydroxyl groups excluding tert-OH is 1. The van der Waals surface area contributed by atoms with Gasteiger partial charge in [0.1, 0.15) is 11.0 Å². The Hall–Kier alpha value is -0.530. The molecule has 0 aromatic carbocycles. The molecule has 17 nitrogen and oxygen atoms in total. The Morgan fingerprint density at radius 3 is 1.21 bits per heavy atom. The van der Waals surface area contributed by atoms with Crippen LogP contribution in [0.1, 0.15) is 0 Å². The van der Waals surface area contributed by atoms with Crippen molar-refractivity contribution in [1.82, 2.24) is 0 Å². The van der Waals surface area contributed by atoms with Gasteiger partial charge in [0.15, 0.2) is 5.25 Å². The summed E-state index contributed by atoms with van der Waals surface area (Å²) in [5.74, 6) is -4.72. The molecule has 4 unspecified atom stereocenters. The summed E-state index contributed by atoms with van der Waals surface area (Å²) in [5, 5.41) is 11.8. The number of aliphatic hydroxyl groups is 2. The van der Waals surface area contributed by atoms with Crippen molar-refractivity contribution >= 4 is 50.6 Å². The average Bonchev–Trinajstić information content (AvgIpc) is 2.27. The predicted molar refractivity (Wildman–Crippen MR) is 86.0 cm³/mol. The minimum atomic E-state index is -6.64. The molecule has 0 radical (unpaired) electrons. The zero-order chi connectivity index (χ0) is 23.1. The van der Waals surface area contributed by atoms with Crippen molar-refractivity contribution in [2.45, 2.75) is 21.5 Å². The van der Waals surface area contributed by atoms with Gasteiger partial charge in [-0.1, -0.05) is 0 Å². The van der Waals surface area contributed by atoms with Crippen LogP contribution >= 0.6 is 0 Å². The first-order valence-electron chi connectivity index (χ1n) is 6.04. The molecular weight excluding hydrogens is 504 g/mol. The van der Waals surface area contributed by atoms with Gasteiger partial charge in [-0.15, -0.1) is 0 Å². The second kappa shape index (κ2) is 7.95. The molecule has 0 amide bonds. The van der Waals surface area contributed by atoms with Gasteiger partial charge >= 0.3 is 0 Å². The summed E-state index contributed by atoms with van der Waals surface area (Å²) >= 11 is 0. The van der Waals surface area contributed by atoms with Crippen LogP contribution in [0.4, 0.5) is 0 Å². The van der Waals surface area contributed by atoms with Gasteiger partial charge in [-0.2, -0.15) is 42.1 Å². The maximum absolute atomic E-state index is 11.5. The van der Waals surface area contributed by atoms with Crippen LogP contribution in [0.15, 0.2) is 0 Å². The van der Waals surface area contributed by atoms with Crippen LogP contribution < -0.4 is 0 Å². The van der Waals surface area contributed by atoms with E-state index in [1.165, 1.54) is 0 Å². The third-order valence-corrected chi connectivity index (χ3v) is 9.01.